The van der Waals surface area contributed by atoms with Gasteiger partial charge in [0.2, 0.25) is 0 Å². The van der Waals surface area contributed by atoms with Gasteiger partial charge in [-0.3, -0.25) is 20.6 Å². The van der Waals surface area contributed by atoms with Crippen LogP contribution in [0, 0.1) is 0 Å². The second kappa shape index (κ2) is 10.5. The molecule has 3 N–H and O–H groups in total. The van der Waals surface area contributed by atoms with E-state index in [1.807, 2.05) is 30.3 Å². The van der Waals surface area contributed by atoms with Gasteiger partial charge in [-0.2, -0.15) is 0 Å². The molecule has 1 aromatic carbocycles. The van der Waals surface area contributed by atoms with Crippen molar-refractivity contribution in [1.29, 1.82) is 0 Å². The van der Waals surface area contributed by atoms with Crippen LogP contribution >= 0.6 is 23.6 Å². The first-order chi connectivity index (χ1) is 14.6. The Morgan fingerprint density at radius 2 is 1.83 bits per heavy atom. The average molecular weight is 441 g/mol. The molecule has 0 radical (unpaired) electrons. The van der Waals surface area contributed by atoms with E-state index in [0.29, 0.717) is 22.5 Å². The van der Waals surface area contributed by atoms with Crippen LogP contribution in [0.25, 0.3) is 0 Å². The van der Waals surface area contributed by atoms with Gasteiger partial charge < -0.3 is 10.1 Å². The maximum atomic E-state index is 12.4. The molecule has 2 aromatic heterocycles. The summed E-state index contributed by atoms with van der Waals surface area (Å²) >= 11 is 6.67. The standard InChI is InChI=1S/C21H20N4O3S2/c1-2-28-20(27)17-13-16(12-14-6-4-3-5-7-14)30-19(17)23-21(29)25-24-18(26)15-8-10-22-11-9-15/h3-11,13H,2,12H2,1H3,(H,24,26)(H2,23,25,29). The minimum Gasteiger partial charge on any atom is -0.462 e. The zero-order chi connectivity index (χ0) is 21.3. The van der Waals surface area contributed by atoms with Gasteiger partial charge in [-0.1, -0.05) is 30.3 Å². The highest BCUT2D eigenvalue weighted by molar-refractivity contribution is 7.80. The number of carbonyl (C=O) groups is 2. The minimum absolute atomic E-state index is 0.149. The van der Waals surface area contributed by atoms with E-state index < -0.39 is 5.97 Å². The number of benzene rings is 1. The topological polar surface area (TPSA) is 92.4 Å². The van der Waals surface area contributed by atoms with Crippen LogP contribution in [0.4, 0.5) is 5.00 Å². The molecule has 0 atom stereocenters. The number of aromatic nitrogens is 1. The Morgan fingerprint density at radius 3 is 2.53 bits per heavy atom. The molecule has 0 aliphatic carbocycles. The summed E-state index contributed by atoms with van der Waals surface area (Å²) in [6, 6.07) is 14.9. The van der Waals surface area contributed by atoms with Crippen molar-refractivity contribution in [2.75, 3.05) is 11.9 Å². The monoisotopic (exact) mass is 440 g/mol. The van der Waals surface area contributed by atoms with Crippen molar-refractivity contribution in [3.63, 3.8) is 0 Å². The van der Waals surface area contributed by atoms with Crippen molar-refractivity contribution < 1.29 is 14.3 Å². The lowest BCUT2D eigenvalue weighted by molar-refractivity contribution is 0.0528. The van der Waals surface area contributed by atoms with Gasteiger partial charge in [0.25, 0.3) is 5.91 Å². The first kappa shape index (κ1) is 21.4. The second-order valence-corrected chi connectivity index (χ2v) is 7.65. The molecule has 0 spiro atoms. The van der Waals surface area contributed by atoms with E-state index in [9.17, 15) is 9.59 Å². The number of amides is 1. The molecule has 0 aliphatic rings. The van der Waals surface area contributed by atoms with Crippen LogP contribution in [-0.4, -0.2) is 28.6 Å². The number of hydrazine groups is 1. The SMILES string of the molecule is CCOC(=O)c1cc(Cc2ccccc2)sc1NC(=S)NNC(=O)c1ccncc1. The molecule has 0 fully saturated rings. The lowest BCUT2D eigenvalue weighted by atomic mass is 10.1. The van der Waals surface area contributed by atoms with Gasteiger partial charge in [-0.05, 0) is 42.9 Å². The van der Waals surface area contributed by atoms with Crippen LogP contribution in [-0.2, 0) is 11.2 Å². The quantitative estimate of drug-likeness (QED) is 0.307. The zero-order valence-electron chi connectivity index (χ0n) is 16.2. The van der Waals surface area contributed by atoms with Crippen molar-refractivity contribution in [2.45, 2.75) is 13.3 Å². The molecule has 0 aliphatic heterocycles. The molecule has 30 heavy (non-hydrogen) atoms. The molecule has 0 saturated carbocycles. The summed E-state index contributed by atoms with van der Waals surface area (Å²) in [4.78, 5) is 29.3. The van der Waals surface area contributed by atoms with E-state index in [2.05, 4.69) is 21.2 Å². The van der Waals surface area contributed by atoms with Crippen LogP contribution in [0.5, 0.6) is 0 Å². The summed E-state index contributed by atoms with van der Waals surface area (Å²) in [5, 5.41) is 3.67. The molecular formula is C21H20N4O3S2. The van der Waals surface area contributed by atoms with Crippen molar-refractivity contribution >= 4 is 45.5 Å². The maximum Gasteiger partial charge on any atom is 0.341 e. The molecule has 3 rings (SSSR count). The second-order valence-electron chi connectivity index (χ2n) is 6.11. The van der Waals surface area contributed by atoms with E-state index in [4.69, 9.17) is 17.0 Å². The summed E-state index contributed by atoms with van der Waals surface area (Å²) < 4.78 is 5.16. The average Bonchev–Trinajstić information content (AvgIpc) is 3.15. The fourth-order valence-corrected chi connectivity index (χ4v) is 3.90. The number of esters is 1. The Morgan fingerprint density at radius 1 is 1.10 bits per heavy atom. The fourth-order valence-electron chi connectivity index (χ4n) is 2.60. The summed E-state index contributed by atoms with van der Waals surface area (Å²) in [6.45, 7) is 2.02. The third-order valence-electron chi connectivity index (χ3n) is 3.96. The molecule has 3 aromatic rings. The third-order valence-corrected chi connectivity index (χ3v) is 5.21. The summed E-state index contributed by atoms with van der Waals surface area (Å²) in [5.74, 6) is -0.790. The number of pyridine rings is 1. The van der Waals surface area contributed by atoms with Gasteiger partial charge in [0.15, 0.2) is 5.11 Å². The number of anilines is 1. The summed E-state index contributed by atoms with van der Waals surface area (Å²) in [6.07, 6.45) is 3.73. The number of hydrogen-bond acceptors (Lipinski definition) is 6. The molecular weight excluding hydrogens is 420 g/mol. The van der Waals surface area contributed by atoms with Crippen molar-refractivity contribution in [3.05, 3.63) is 82.5 Å². The summed E-state index contributed by atoms with van der Waals surface area (Å²) in [5.41, 5.74) is 7.12. The van der Waals surface area contributed by atoms with Crippen LogP contribution in [0.2, 0.25) is 0 Å². The Hall–Kier alpha value is -3.30. The Bertz CT molecular complexity index is 1020. The largest absolute Gasteiger partial charge is 0.462 e. The molecule has 9 heteroatoms. The number of nitrogens with zero attached hydrogens (tertiary/aromatic N) is 1. The number of rotatable bonds is 6. The highest BCUT2D eigenvalue weighted by atomic mass is 32.1. The highest BCUT2D eigenvalue weighted by Gasteiger charge is 2.18. The third kappa shape index (κ3) is 5.85. The van der Waals surface area contributed by atoms with Gasteiger partial charge in [0.05, 0.1) is 12.2 Å². The summed E-state index contributed by atoms with van der Waals surface area (Å²) in [7, 11) is 0. The van der Waals surface area contributed by atoms with E-state index in [1.165, 1.54) is 23.7 Å². The molecule has 0 saturated heterocycles. The van der Waals surface area contributed by atoms with Gasteiger partial charge >= 0.3 is 5.97 Å². The minimum atomic E-state index is -0.431. The Balaban J connectivity index is 1.68. The first-order valence-electron chi connectivity index (χ1n) is 9.18. The highest BCUT2D eigenvalue weighted by Crippen LogP contribution is 2.30. The molecule has 0 bridgehead atoms. The normalized spacial score (nSPS) is 10.2. The first-order valence-corrected chi connectivity index (χ1v) is 10.4. The number of ether oxygens (including phenoxy) is 1. The number of thiocarbonyl (C=S) groups is 1. The number of thiophene rings is 1. The number of carbonyl (C=O) groups excluding carboxylic acids is 2. The van der Waals surface area contributed by atoms with Crippen molar-refractivity contribution in [1.82, 2.24) is 15.8 Å². The molecule has 1 amide bonds. The van der Waals surface area contributed by atoms with Crippen molar-refractivity contribution in [3.8, 4) is 0 Å². The van der Waals surface area contributed by atoms with Gasteiger partial charge in [-0.15, -0.1) is 11.3 Å². The molecule has 154 valence electrons. The lowest BCUT2D eigenvalue weighted by Crippen LogP contribution is -2.43. The van der Waals surface area contributed by atoms with Crippen LogP contribution in [0.15, 0.2) is 60.9 Å². The Kier molecular flexibility index (Phi) is 7.47. The molecule has 0 unspecified atom stereocenters. The van der Waals surface area contributed by atoms with E-state index in [1.54, 1.807) is 25.1 Å². The molecule has 7 nitrogen and oxygen atoms in total. The van der Waals surface area contributed by atoms with Crippen LogP contribution in [0.3, 0.4) is 0 Å². The number of hydrogen-bond donors (Lipinski definition) is 3. The zero-order valence-corrected chi connectivity index (χ0v) is 17.8. The van der Waals surface area contributed by atoms with Gasteiger partial charge in [0.1, 0.15) is 5.00 Å². The van der Waals surface area contributed by atoms with Crippen LogP contribution < -0.4 is 16.2 Å². The Labute approximate surface area is 183 Å². The molecule has 2 heterocycles. The van der Waals surface area contributed by atoms with Gasteiger partial charge in [0, 0.05) is 29.3 Å². The van der Waals surface area contributed by atoms with Gasteiger partial charge in [-0.25, -0.2) is 4.79 Å². The fraction of sp³-hybridized carbons (Fsp3) is 0.143. The number of nitrogens with one attached hydrogen (secondary N) is 3. The van der Waals surface area contributed by atoms with Crippen LogP contribution in [0.1, 0.15) is 38.1 Å². The predicted molar refractivity (Wildman–Crippen MR) is 121 cm³/mol. The predicted octanol–water partition coefficient (Wildman–Crippen LogP) is 3.54. The smallest absolute Gasteiger partial charge is 0.341 e. The maximum absolute atomic E-state index is 12.4. The van der Waals surface area contributed by atoms with E-state index >= 15 is 0 Å². The van der Waals surface area contributed by atoms with E-state index in [0.717, 1.165) is 10.4 Å². The lowest BCUT2D eigenvalue weighted by Gasteiger charge is -2.11. The van der Waals surface area contributed by atoms with Crippen molar-refractivity contribution in [2.24, 2.45) is 0 Å². The van der Waals surface area contributed by atoms with E-state index in [-0.39, 0.29) is 17.6 Å².